The first-order valence-electron chi connectivity index (χ1n) is 6.39. The Morgan fingerprint density at radius 2 is 2.16 bits per heavy atom. The maximum Gasteiger partial charge on any atom is 0.240 e. The maximum atomic E-state index is 12.1. The molecule has 1 aromatic rings. The molecule has 0 amide bonds. The van der Waals surface area contributed by atoms with Crippen LogP contribution in [0, 0.1) is 5.92 Å². The predicted molar refractivity (Wildman–Crippen MR) is 71.1 cm³/mol. The van der Waals surface area contributed by atoms with Gasteiger partial charge in [0.05, 0.1) is 11.5 Å². The molecule has 1 aromatic carbocycles. The van der Waals surface area contributed by atoms with Gasteiger partial charge in [0.1, 0.15) is 0 Å². The molecule has 19 heavy (non-hydrogen) atoms. The first-order chi connectivity index (χ1) is 9.13. The first kappa shape index (κ1) is 14.5. The SMILES string of the molecule is O=S(=O)(NCCC1CCOC1)c1ccccc1CO. The monoisotopic (exact) mass is 285 g/mol. The van der Waals surface area contributed by atoms with Crippen LogP contribution in [-0.2, 0) is 21.4 Å². The van der Waals surface area contributed by atoms with Gasteiger partial charge in [-0.15, -0.1) is 0 Å². The Morgan fingerprint density at radius 3 is 2.84 bits per heavy atom. The number of nitrogens with one attached hydrogen (secondary N) is 1. The number of rotatable bonds is 6. The second-order valence-electron chi connectivity index (χ2n) is 4.68. The van der Waals surface area contributed by atoms with Gasteiger partial charge in [-0.25, -0.2) is 13.1 Å². The van der Waals surface area contributed by atoms with Crippen LogP contribution in [0.1, 0.15) is 18.4 Å². The molecule has 0 aromatic heterocycles. The third-order valence-corrected chi connectivity index (χ3v) is 4.86. The minimum atomic E-state index is -3.55. The van der Waals surface area contributed by atoms with E-state index in [0.29, 0.717) is 18.0 Å². The molecule has 0 bridgehead atoms. The van der Waals surface area contributed by atoms with Crippen molar-refractivity contribution in [1.29, 1.82) is 0 Å². The second kappa shape index (κ2) is 6.47. The van der Waals surface area contributed by atoms with E-state index in [1.54, 1.807) is 18.2 Å². The van der Waals surface area contributed by atoms with Crippen molar-refractivity contribution in [2.45, 2.75) is 24.3 Å². The highest BCUT2D eigenvalue weighted by Crippen LogP contribution is 2.17. The summed E-state index contributed by atoms with van der Waals surface area (Å²) < 4.78 is 32.1. The zero-order chi connectivity index (χ0) is 13.7. The molecule has 0 radical (unpaired) electrons. The molecule has 5 nitrogen and oxygen atoms in total. The zero-order valence-electron chi connectivity index (χ0n) is 10.7. The Labute approximate surface area is 113 Å². The van der Waals surface area contributed by atoms with Crippen LogP contribution in [0.2, 0.25) is 0 Å². The van der Waals surface area contributed by atoms with Crippen LogP contribution in [0.25, 0.3) is 0 Å². The minimum Gasteiger partial charge on any atom is -0.392 e. The molecule has 1 heterocycles. The highest BCUT2D eigenvalue weighted by Gasteiger charge is 2.19. The summed E-state index contributed by atoms with van der Waals surface area (Å²) in [6, 6.07) is 6.48. The summed E-state index contributed by atoms with van der Waals surface area (Å²) >= 11 is 0. The Hall–Kier alpha value is -0.950. The quantitative estimate of drug-likeness (QED) is 0.813. The molecule has 6 heteroatoms. The van der Waals surface area contributed by atoms with Crippen molar-refractivity contribution in [2.75, 3.05) is 19.8 Å². The predicted octanol–water partition coefficient (Wildman–Crippen LogP) is 0.884. The zero-order valence-corrected chi connectivity index (χ0v) is 11.5. The van der Waals surface area contributed by atoms with E-state index in [-0.39, 0.29) is 11.5 Å². The molecular weight excluding hydrogens is 266 g/mol. The highest BCUT2D eigenvalue weighted by atomic mass is 32.2. The van der Waals surface area contributed by atoms with Crippen LogP contribution < -0.4 is 4.72 Å². The van der Waals surface area contributed by atoms with Crippen molar-refractivity contribution in [3.63, 3.8) is 0 Å². The summed E-state index contributed by atoms with van der Waals surface area (Å²) in [5.41, 5.74) is 0.416. The van der Waals surface area contributed by atoms with Gasteiger partial charge in [-0.2, -0.15) is 0 Å². The Balaban J connectivity index is 1.97. The fraction of sp³-hybridized carbons (Fsp3) is 0.538. The summed E-state index contributed by atoms with van der Waals surface area (Å²) in [5.74, 6) is 0.441. The maximum absolute atomic E-state index is 12.1. The van der Waals surface area contributed by atoms with Gasteiger partial charge in [0, 0.05) is 19.8 Å². The normalized spacial score (nSPS) is 19.7. The van der Waals surface area contributed by atoms with Gasteiger partial charge in [0.15, 0.2) is 0 Å². The van der Waals surface area contributed by atoms with Gasteiger partial charge >= 0.3 is 0 Å². The third-order valence-electron chi connectivity index (χ3n) is 3.30. The molecule has 1 unspecified atom stereocenters. The molecule has 0 spiro atoms. The smallest absolute Gasteiger partial charge is 0.240 e. The lowest BCUT2D eigenvalue weighted by Gasteiger charge is -2.11. The van der Waals surface area contributed by atoms with Crippen molar-refractivity contribution in [3.05, 3.63) is 29.8 Å². The lowest BCUT2D eigenvalue weighted by molar-refractivity contribution is 0.184. The second-order valence-corrected chi connectivity index (χ2v) is 6.42. The Bertz CT molecular complexity index is 509. The molecule has 2 rings (SSSR count). The number of hydrogen-bond donors (Lipinski definition) is 2. The number of aliphatic hydroxyl groups is 1. The topological polar surface area (TPSA) is 75.6 Å². The van der Waals surface area contributed by atoms with E-state index in [2.05, 4.69) is 4.72 Å². The summed E-state index contributed by atoms with van der Waals surface area (Å²) in [4.78, 5) is 0.153. The lowest BCUT2D eigenvalue weighted by atomic mass is 10.1. The number of aliphatic hydroxyl groups excluding tert-OH is 1. The summed E-state index contributed by atoms with van der Waals surface area (Å²) in [7, 11) is -3.55. The van der Waals surface area contributed by atoms with Crippen LogP contribution in [0.5, 0.6) is 0 Å². The van der Waals surface area contributed by atoms with E-state index >= 15 is 0 Å². The van der Waals surface area contributed by atoms with Crippen molar-refractivity contribution in [2.24, 2.45) is 5.92 Å². The fourth-order valence-electron chi connectivity index (χ4n) is 2.18. The van der Waals surface area contributed by atoms with E-state index in [1.807, 2.05) is 0 Å². The average Bonchev–Trinajstić information content (AvgIpc) is 2.91. The van der Waals surface area contributed by atoms with E-state index < -0.39 is 10.0 Å². The molecule has 2 N–H and O–H groups in total. The number of sulfonamides is 1. The van der Waals surface area contributed by atoms with Crippen LogP contribution in [0.4, 0.5) is 0 Å². The summed E-state index contributed by atoms with van der Waals surface area (Å²) in [5, 5.41) is 9.17. The lowest BCUT2D eigenvalue weighted by Crippen LogP contribution is -2.27. The van der Waals surface area contributed by atoms with E-state index in [0.717, 1.165) is 26.1 Å². The molecule has 1 aliphatic heterocycles. The highest BCUT2D eigenvalue weighted by molar-refractivity contribution is 7.89. The van der Waals surface area contributed by atoms with Gasteiger partial charge in [-0.3, -0.25) is 0 Å². The Kier molecular flexibility index (Phi) is 4.93. The number of benzene rings is 1. The van der Waals surface area contributed by atoms with E-state index in [4.69, 9.17) is 4.74 Å². The molecule has 1 aliphatic rings. The molecule has 1 saturated heterocycles. The van der Waals surface area contributed by atoms with Crippen LogP contribution in [0.3, 0.4) is 0 Å². The van der Waals surface area contributed by atoms with Crippen LogP contribution in [0.15, 0.2) is 29.2 Å². The van der Waals surface area contributed by atoms with Crippen molar-refractivity contribution in [3.8, 4) is 0 Å². The van der Waals surface area contributed by atoms with Gasteiger partial charge in [0.2, 0.25) is 10.0 Å². The van der Waals surface area contributed by atoms with Crippen molar-refractivity contribution < 1.29 is 18.3 Å². The van der Waals surface area contributed by atoms with Crippen LogP contribution in [-0.4, -0.2) is 33.3 Å². The third kappa shape index (κ3) is 3.76. The molecule has 106 valence electrons. The van der Waals surface area contributed by atoms with Crippen molar-refractivity contribution >= 4 is 10.0 Å². The standard InChI is InChI=1S/C13H19NO4S/c15-9-12-3-1-2-4-13(12)19(16,17)14-7-5-11-6-8-18-10-11/h1-4,11,14-15H,5-10H2. The largest absolute Gasteiger partial charge is 0.392 e. The fourth-order valence-corrected chi connectivity index (χ4v) is 3.46. The first-order valence-corrected chi connectivity index (χ1v) is 7.88. The summed E-state index contributed by atoms with van der Waals surface area (Å²) in [6.45, 7) is 1.60. The number of ether oxygens (including phenoxy) is 1. The van der Waals surface area contributed by atoms with Crippen molar-refractivity contribution in [1.82, 2.24) is 4.72 Å². The molecule has 1 fully saturated rings. The van der Waals surface area contributed by atoms with Gasteiger partial charge in [-0.05, 0) is 30.4 Å². The van der Waals surface area contributed by atoms with E-state index in [1.165, 1.54) is 6.07 Å². The van der Waals surface area contributed by atoms with Crippen LogP contribution >= 0.6 is 0 Å². The molecule has 1 atom stereocenters. The summed E-state index contributed by atoms with van der Waals surface area (Å²) in [6.07, 6.45) is 1.77. The Morgan fingerprint density at radius 1 is 1.37 bits per heavy atom. The van der Waals surface area contributed by atoms with Gasteiger partial charge < -0.3 is 9.84 Å². The molecule has 0 aliphatic carbocycles. The average molecular weight is 285 g/mol. The van der Waals surface area contributed by atoms with E-state index in [9.17, 15) is 13.5 Å². The van der Waals surface area contributed by atoms with Gasteiger partial charge in [0.25, 0.3) is 0 Å². The molecular formula is C13H19NO4S. The van der Waals surface area contributed by atoms with Gasteiger partial charge in [-0.1, -0.05) is 18.2 Å². The number of hydrogen-bond acceptors (Lipinski definition) is 4. The minimum absolute atomic E-state index is 0.153. The molecule has 0 saturated carbocycles.